The van der Waals surface area contributed by atoms with Crippen molar-refractivity contribution in [2.24, 2.45) is 5.73 Å². The van der Waals surface area contributed by atoms with Gasteiger partial charge in [0.2, 0.25) is 11.8 Å². The number of benzene rings is 2. The fourth-order valence-electron chi connectivity index (χ4n) is 2.09. The number of thioether (sulfide) groups is 1. The lowest BCUT2D eigenvalue weighted by Crippen LogP contribution is -2.21. The van der Waals surface area contributed by atoms with Gasteiger partial charge in [-0.1, -0.05) is 29.3 Å². The van der Waals surface area contributed by atoms with Crippen LogP contribution in [0.4, 0.5) is 11.4 Å². The zero-order valence-electron chi connectivity index (χ0n) is 14.0. The van der Waals surface area contributed by atoms with Crippen molar-refractivity contribution in [3.8, 4) is 0 Å². The van der Waals surface area contributed by atoms with E-state index in [9.17, 15) is 14.4 Å². The number of aryl methyl sites for hydroxylation is 1. The third-order valence-corrected chi connectivity index (χ3v) is 4.49. The van der Waals surface area contributed by atoms with Crippen LogP contribution in [0.15, 0.2) is 42.5 Å². The Morgan fingerprint density at radius 2 is 1.62 bits per heavy atom. The van der Waals surface area contributed by atoms with Crippen LogP contribution in [-0.2, 0) is 9.59 Å². The number of hydrogen-bond donors (Lipinski definition) is 3. The second-order valence-corrected chi connectivity index (χ2v) is 6.93. The molecule has 0 atom stereocenters. The van der Waals surface area contributed by atoms with Crippen molar-refractivity contribution in [1.29, 1.82) is 0 Å². The number of carbonyl (C=O) groups excluding carboxylic acids is 3. The summed E-state index contributed by atoms with van der Waals surface area (Å²) in [5.74, 6) is -1.04. The highest BCUT2D eigenvalue weighted by molar-refractivity contribution is 8.00. The first kappa shape index (κ1) is 19.8. The number of hydrogen-bond acceptors (Lipinski definition) is 4. The molecule has 8 heteroatoms. The molecule has 0 aliphatic heterocycles. The van der Waals surface area contributed by atoms with Crippen molar-refractivity contribution in [3.05, 3.63) is 58.6 Å². The lowest BCUT2D eigenvalue weighted by Gasteiger charge is -2.09. The molecule has 0 spiro atoms. The Bertz CT molecular complexity index is 825. The van der Waals surface area contributed by atoms with E-state index < -0.39 is 5.91 Å². The number of nitrogens with two attached hydrogens (primary N) is 1. The van der Waals surface area contributed by atoms with Gasteiger partial charge in [-0.3, -0.25) is 14.4 Å². The molecule has 2 aromatic rings. The maximum atomic E-state index is 12.0. The summed E-state index contributed by atoms with van der Waals surface area (Å²) in [5, 5.41) is 5.70. The average molecular weight is 392 g/mol. The topological polar surface area (TPSA) is 101 Å². The molecule has 0 aliphatic rings. The summed E-state index contributed by atoms with van der Waals surface area (Å²) in [5.41, 5.74) is 7.51. The fourth-order valence-corrected chi connectivity index (χ4v) is 2.88. The summed E-state index contributed by atoms with van der Waals surface area (Å²) in [6.07, 6.45) is 0. The first-order chi connectivity index (χ1) is 12.3. The summed E-state index contributed by atoms with van der Waals surface area (Å²) >= 11 is 6.98. The van der Waals surface area contributed by atoms with Gasteiger partial charge in [0.15, 0.2) is 0 Å². The molecule has 6 nitrogen and oxygen atoms in total. The largest absolute Gasteiger partial charge is 0.366 e. The number of anilines is 2. The highest BCUT2D eigenvalue weighted by atomic mass is 35.5. The van der Waals surface area contributed by atoms with Crippen LogP contribution < -0.4 is 16.4 Å². The van der Waals surface area contributed by atoms with E-state index in [2.05, 4.69) is 10.6 Å². The van der Waals surface area contributed by atoms with Crippen LogP contribution in [0.25, 0.3) is 0 Å². The maximum Gasteiger partial charge on any atom is 0.250 e. The van der Waals surface area contributed by atoms with Crippen molar-refractivity contribution < 1.29 is 14.4 Å². The van der Waals surface area contributed by atoms with E-state index in [1.807, 2.05) is 31.2 Å². The Morgan fingerprint density at radius 3 is 2.23 bits per heavy atom. The standard InChI is InChI=1S/C18H18ClN3O3S/c1-11-2-5-13(6-3-11)21-16(23)9-26-10-17(24)22-15-7-4-12(19)8-14(15)18(20)25/h2-8H,9-10H2,1H3,(H2,20,25)(H,21,23)(H,22,24). The fraction of sp³-hybridized carbons (Fsp3) is 0.167. The Balaban J connectivity index is 1.81. The number of carbonyl (C=O) groups is 3. The number of amides is 3. The molecule has 0 aliphatic carbocycles. The van der Waals surface area contributed by atoms with Gasteiger partial charge in [0, 0.05) is 10.7 Å². The molecule has 0 aromatic heterocycles. The molecule has 0 radical (unpaired) electrons. The Hall–Kier alpha value is -2.51. The van der Waals surface area contributed by atoms with E-state index in [1.54, 1.807) is 6.07 Å². The molecule has 0 saturated carbocycles. The zero-order chi connectivity index (χ0) is 19.1. The number of rotatable bonds is 7. The predicted octanol–water partition coefficient (Wildman–Crippen LogP) is 3.06. The molecule has 0 heterocycles. The lowest BCUT2D eigenvalue weighted by molar-refractivity contribution is -0.114. The van der Waals surface area contributed by atoms with Gasteiger partial charge >= 0.3 is 0 Å². The molecule has 0 saturated heterocycles. The van der Waals surface area contributed by atoms with E-state index in [1.165, 1.54) is 12.1 Å². The average Bonchev–Trinajstić information content (AvgIpc) is 2.58. The SMILES string of the molecule is Cc1ccc(NC(=O)CSCC(=O)Nc2ccc(Cl)cc2C(N)=O)cc1. The van der Waals surface area contributed by atoms with E-state index in [4.69, 9.17) is 17.3 Å². The number of halogens is 1. The maximum absolute atomic E-state index is 12.0. The minimum atomic E-state index is -0.687. The second kappa shape index (κ2) is 9.26. The van der Waals surface area contributed by atoms with E-state index in [0.717, 1.165) is 17.3 Å². The lowest BCUT2D eigenvalue weighted by atomic mass is 10.1. The molecule has 136 valence electrons. The highest BCUT2D eigenvalue weighted by Gasteiger charge is 2.12. The Morgan fingerprint density at radius 1 is 1.00 bits per heavy atom. The van der Waals surface area contributed by atoms with Crippen molar-refractivity contribution in [3.63, 3.8) is 0 Å². The summed E-state index contributed by atoms with van der Waals surface area (Å²) in [6, 6.07) is 11.9. The van der Waals surface area contributed by atoms with Crippen LogP contribution in [0, 0.1) is 6.92 Å². The van der Waals surface area contributed by atoms with Gasteiger partial charge in [0.05, 0.1) is 22.8 Å². The summed E-state index contributed by atoms with van der Waals surface area (Å²) in [6.45, 7) is 1.96. The van der Waals surface area contributed by atoms with Crippen molar-refractivity contribution in [2.45, 2.75) is 6.92 Å². The molecule has 0 bridgehead atoms. The Kier molecular flexibility index (Phi) is 7.06. The first-order valence-electron chi connectivity index (χ1n) is 7.68. The van der Waals surface area contributed by atoms with Crippen LogP contribution >= 0.6 is 23.4 Å². The summed E-state index contributed by atoms with van der Waals surface area (Å²) in [7, 11) is 0. The van der Waals surface area contributed by atoms with Crippen LogP contribution in [0.2, 0.25) is 5.02 Å². The smallest absolute Gasteiger partial charge is 0.250 e. The molecule has 0 unspecified atom stereocenters. The highest BCUT2D eigenvalue weighted by Crippen LogP contribution is 2.20. The normalized spacial score (nSPS) is 10.2. The van der Waals surface area contributed by atoms with Gasteiger partial charge in [-0.15, -0.1) is 11.8 Å². The molecule has 2 aromatic carbocycles. The van der Waals surface area contributed by atoms with Crippen LogP contribution in [0.1, 0.15) is 15.9 Å². The molecular weight excluding hydrogens is 374 g/mol. The Labute approximate surface area is 160 Å². The van der Waals surface area contributed by atoms with Crippen LogP contribution in [-0.4, -0.2) is 29.2 Å². The van der Waals surface area contributed by atoms with Gasteiger partial charge < -0.3 is 16.4 Å². The molecule has 4 N–H and O–H groups in total. The van der Waals surface area contributed by atoms with Gasteiger partial charge in [-0.05, 0) is 37.3 Å². The molecule has 0 fully saturated rings. The molecule has 2 rings (SSSR count). The summed E-state index contributed by atoms with van der Waals surface area (Å²) < 4.78 is 0. The van der Waals surface area contributed by atoms with Gasteiger partial charge in [-0.25, -0.2) is 0 Å². The van der Waals surface area contributed by atoms with Crippen molar-refractivity contribution in [1.82, 2.24) is 0 Å². The quantitative estimate of drug-likeness (QED) is 0.675. The van der Waals surface area contributed by atoms with Gasteiger partial charge in [-0.2, -0.15) is 0 Å². The van der Waals surface area contributed by atoms with E-state index >= 15 is 0 Å². The predicted molar refractivity (Wildman–Crippen MR) is 106 cm³/mol. The molecular formula is C18H18ClN3O3S. The molecule has 26 heavy (non-hydrogen) atoms. The minimum Gasteiger partial charge on any atom is -0.366 e. The van der Waals surface area contributed by atoms with Gasteiger partial charge in [0.1, 0.15) is 0 Å². The van der Waals surface area contributed by atoms with Crippen LogP contribution in [0.5, 0.6) is 0 Å². The first-order valence-corrected chi connectivity index (χ1v) is 9.22. The zero-order valence-corrected chi connectivity index (χ0v) is 15.6. The monoisotopic (exact) mass is 391 g/mol. The second-order valence-electron chi connectivity index (χ2n) is 5.51. The third-order valence-electron chi connectivity index (χ3n) is 3.32. The van der Waals surface area contributed by atoms with Crippen molar-refractivity contribution >= 4 is 52.5 Å². The minimum absolute atomic E-state index is 0.0577. The number of nitrogens with one attached hydrogen (secondary N) is 2. The number of primary amides is 1. The van der Waals surface area contributed by atoms with E-state index in [-0.39, 0.29) is 34.6 Å². The molecule has 3 amide bonds. The van der Waals surface area contributed by atoms with Gasteiger partial charge in [0.25, 0.3) is 5.91 Å². The van der Waals surface area contributed by atoms with Crippen molar-refractivity contribution in [2.75, 3.05) is 22.1 Å². The third kappa shape index (κ3) is 6.09. The summed E-state index contributed by atoms with van der Waals surface area (Å²) in [4.78, 5) is 35.3. The van der Waals surface area contributed by atoms with E-state index in [0.29, 0.717) is 10.7 Å². The van der Waals surface area contributed by atoms with Crippen LogP contribution in [0.3, 0.4) is 0 Å².